The molecule has 140 valence electrons. The molecule has 0 N–H and O–H groups in total. The molecule has 0 radical (unpaired) electrons. The van der Waals surface area contributed by atoms with Gasteiger partial charge in [0.1, 0.15) is 0 Å². The second-order valence-electron chi connectivity index (χ2n) is 4.57. The van der Waals surface area contributed by atoms with Crippen LogP contribution in [0.3, 0.4) is 0 Å². The van der Waals surface area contributed by atoms with Gasteiger partial charge >= 0.3 is 191 Å². The second-order valence-corrected chi connectivity index (χ2v) is 14.3. The van der Waals surface area contributed by atoms with Crippen molar-refractivity contribution in [2.45, 2.75) is 9.63 Å². The van der Waals surface area contributed by atoms with E-state index in [9.17, 15) is 0 Å². The molecule has 0 saturated carbocycles. The molecule has 0 unspecified atom stereocenters. The van der Waals surface area contributed by atoms with E-state index < -0.39 is 0 Å². The quantitative estimate of drug-likeness (QED) is 0.112. The summed E-state index contributed by atoms with van der Waals surface area (Å²) in [5, 5.41) is 0. The maximum atomic E-state index is 4.34. The third-order valence-corrected chi connectivity index (χ3v) is 14.1. The van der Waals surface area contributed by atoms with E-state index in [0.29, 0.717) is 0 Å². The monoisotopic (exact) mass is 534 g/mol. The molecule has 0 rings (SSSR count). The van der Waals surface area contributed by atoms with E-state index in [4.69, 9.17) is 0 Å². The van der Waals surface area contributed by atoms with Crippen molar-refractivity contribution in [3.8, 4) is 0 Å². The van der Waals surface area contributed by atoms with Gasteiger partial charge in [0.15, 0.2) is 0 Å². The van der Waals surface area contributed by atoms with Crippen LogP contribution in [0.5, 0.6) is 0 Å². The average molecular weight is 534 g/mol. The van der Waals surface area contributed by atoms with Crippen molar-refractivity contribution in [1.29, 1.82) is 0 Å². The predicted octanol–water partition coefficient (Wildman–Crippen LogP) is 4.92. The first kappa shape index (κ1) is 26.3. The van der Waals surface area contributed by atoms with Gasteiger partial charge in [-0.05, 0) is 0 Å². The van der Waals surface area contributed by atoms with E-state index in [1.54, 1.807) is 0 Å². The van der Waals surface area contributed by atoms with Gasteiger partial charge in [-0.3, -0.25) is 0 Å². The molecule has 0 aromatic carbocycles. The minimum absolute atomic E-state index is 0.723. The Kier molecular flexibility index (Phi) is 24.7. The van der Waals surface area contributed by atoms with E-state index >= 15 is 0 Å². The third kappa shape index (κ3) is 18.4. The summed E-state index contributed by atoms with van der Waals surface area (Å²) in [5.41, 5.74) is 0. The summed E-state index contributed by atoms with van der Waals surface area (Å²) in [4.78, 5) is 1.77. The molecule has 0 aromatic heterocycles. The number of rotatable bonds is 18. The minimum atomic E-state index is 0.723. The zero-order valence-electron chi connectivity index (χ0n) is 13.5. The van der Waals surface area contributed by atoms with Crippen LogP contribution >= 0.6 is 97.6 Å². The summed E-state index contributed by atoms with van der Waals surface area (Å²) in [7, 11) is 0. The summed E-state index contributed by atoms with van der Waals surface area (Å²) in [5.74, 6) is 13.9. The Bertz CT molecular complexity index is 193. The summed E-state index contributed by atoms with van der Waals surface area (Å²) < 4.78 is 0. The van der Waals surface area contributed by atoms with Crippen LogP contribution in [0.15, 0.2) is 0 Å². The molecule has 0 fully saturated rings. The molecule has 0 bridgehead atoms. The fourth-order valence-electron chi connectivity index (χ4n) is 1.64. The Balaban J connectivity index is 4.31. The predicted molar refractivity (Wildman–Crippen MR) is 138 cm³/mol. The van der Waals surface area contributed by atoms with E-state index in [1.807, 2.05) is 0 Å². The molecule has 0 amide bonds. The van der Waals surface area contributed by atoms with Gasteiger partial charge in [-0.2, -0.15) is 0 Å². The van der Waals surface area contributed by atoms with Gasteiger partial charge in [0.2, 0.25) is 0 Å². The topological polar surface area (TPSA) is 0 Å². The Morgan fingerprint density at radius 2 is 0.783 bits per heavy atom. The van der Waals surface area contributed by atoms with Gasteiger partial charge in [0, 0.05) is 0 Å². The number of thioether (sulfide) groups is 4. The van der Waals surface area contributed by atoms with E-state index in [0.717, 1.165) is 47.6 Å². The van der Waals surface area contributed by atoms with Gasteiger partial charge in [-0.25, -0.2) is 0 Å². The van der Waals surface area contributed by atoms with Crippen LogP contribution in [-0.4, -0.2) is 84.0 Å². The zero-order chi connectivity index (χ0) is 17.2. The van der Waals surface area contributed by atoms with Gasteiger partial charge in [0.25, 0.3) is 0 Å². The molecule has 0 aliphatic heterocycles. The van der Waals surface area contributed by atoms with Crippen LogP contribution in [0.25, 0.3) is 0 Å². The van der Waals surface area contributed by atoms with Crippen LogP contribution in [-0.2, 0) is 0 Å². The first-order chi connectivity index (χ1) is 11.3. The van der Waals surface area contributed by atoms with Gasteiger partial charge in [0.05, 0.1) is 0 Å². The molecule has 9 heteroatoms. The first-order valence-electron chi connectivity index (χ1n) is 7.68. The number of hydrogen-bond donors (Lipinski definition) is 4. The Morgan fingerprint density at radius 1 is 0.522 bits per heavy atom. The Hall–Kier alpha value is 3.32. The normalized spacial score (nSPS) is 11.7. The van der Waals surface area contributed by atoms with Crippen LogP contribution in [0.1, 0.15) is 0 Å². The summed E-state index contributed by atoms with van der Waals surface area (Å²) in [6.07, 6.45) is 0. The molecule has 0 atom stereocenters. The number of thiol groups is 4. The molecule has 0 saturated heterocycles. The molecule has 0 aliphatic carbocycles. The Morgan fingerprint density at radius 3 is 1.00 bits per heavy atom. The van der Waals surface area contributed by atoms with Crippen molar-refractivity contribution in [3.05, 3.63) is 0 Å². The van der Waals surface area contributed by atoms with Crippen molar-refractivity contribution >= 4 is 113 Å². The molecule has 0 nitrogen and oxygen atoms in total. The van der Waals surface area contributed by atoms with Gasteiger partial charge in [-0.15, -0.1) is 0 Å². The zero-order valence-corrected chi connectivity index (χ0v) is 22.0. The summed E-state index contributed by atoms with van der Waals surface area (Å²) in [6, 6.07) is 0. The van der Waals surface area contributed by atoms with Crippen LogP contribution in [0.4, 0.5) is 0 Å². The average Bonchev–Trinajstić information content (AvgIpc) is 2.55. The third-order valence-electron chi connectivity index (χ3n) is 2.54. The molecule has 0 aromatic rings. The van der Waals surface area contributed by atoms with E-state index in [2.05, 4.69) is 97.6 Å². The van der Waals surface area contributed by atoms with Crippen molar-refractivity contribution in [1.82, 2.24) is 0 Å². The van der Waals surface area contributed by atoms with Crippen molar-refractivity contribution in [2.24, 2.45) is 0 Å². The van der Waals surface area contributed by atoms with E-state index in [-0.39, 0.29) is 0 Å². The SMILES string of the molecule is SCCSCC(CSCCS)[Se]C(CSCCS)CSCCS. The van der Waals surface area contributed by atoms with Crippen molar-refractivity contribution in [3.63, 3.8) is 0 Å². The van der Waals surface area contributed by atoms with Crippen molar-refractivity contribution in [2.75, 3.05) is 69.0 Å². The fraction of sp³-hybridized carbons (Fsp3) is 1.00. The molecule has 23 heavy (non-hydrogen) atoms. The second kappa shape index (κ2) is 21.6. The first-order valence-corrected chi connectivity index (χ1v) is 16.8. The Labute approximate surface area is 189 Å². The molecule has 0 aliphatic rings. The summed E-state index contributed by atoms with van der Waals surface area (Å²) >= 11 is 26.4. The van der Waals surface area contributed by atoms with Gasteiger partial charge in [-0.1, -0.05) is 0 Å². The molecule has 0 heterocycles. The van der Waals surface area contributed by atoms with Crippen LogP contribution in [0, 0.1) is 0 Å². The molecular formula is C14H30S8Se. The number of hydrogen-bond acceptors (Lipinski definition) is 8. The van der Waals surface area contributed by atoms with Crippen LogP contribution < -0.4 is 0 Å². The maximum absolute atomic E-state index is 4.34. The molecular weight excluding hydrogens is 504 g/mol. The van der Waals surface area contributed by atoms with Crippen LogP contribution in [0.2, 0.25) is 9.63 Å². The van der Waals surface area contributed by atoms with E-state index in [1.165, 1.54) is 46.0 Å². The van der Waals surface area contributed by atoms with Crippen molar-refractivity contribution < 1.29 is 0 Å². The standard InChI is InChI=1S/C14H30S8Se/c15-1-5-19-9-13(10-20-6-2-16)23-14(11-21-7-3-17)12-22-8-4-18/h13-18H,1-12H2. The van der Waals surface area contributed by atoms with Gasteiger partial charge < -0.3 is 0 Å². The fourth-order valence-corrected chi connectivity index (χ4v) is 12.1. The summed E-state index contributed by atoms with van der Waals surface area (Å²) in [6.45, 7) is 0. The molecule has 0 spiro atoms.